The van der Waals surface area contributed by atoms with Crippen LogP contribution in [0.1, 0.15) is 49.3 Å². The Morgan fingerprint density at radius 1 is 1.26 bits per heavy atom. The molecule has 1 aliphatic carbocycles. The molecule has 1 atom stereocenters. The minimum absolute atomic E-state index is 0.211. The minimum atomic E-state index is -4.35. The number of nitrogens with two attached hydrogens (primary N) is 1. The first-order valence-electron chi connectivity index (χ1n) is 6.50. The molecule has 1 aromatic rings. The van der Waals surface area contributed by atoms with Gasteiger partial charge < -0.3 is 5.73 Å². The van der Waals surface area contributed by atoms with Crippen LogP contribution in [0.15, 0.2) is 22.7 Å². The third kappa shape index (κ3) is 3.72. The van der Waals surface area contributed by atoms with Gasteiger partial charge in [0.05, 0.1) is 5.56 Å². The first-order valence-corrected chi connectivity index (χ1v) is 7.29. The van der Waals surface area contributed by atoms with Crippen LogP contribution in [-0.4, -0.2) is 0 Å². The average Bonchev–Trinajstić information content (AvgIpc) is 2.80. The second-order valence-corrected chi connectivity index (χ2v) is 6.14. The summed E-state index contributed by atoms with van der Waals surface area (Å²) in [6.45, 7) is 0. The fraction of sp³-hybridized carbons (Fsp3) is 0.571. The van der Waals surface area contributed by atoms with Crippen molar-refractivity contribution in [3.05, 3.63) is 33.8 Å². The molecule has 0 saturated heterocycles. The van der Waals surface area contributed by atoms with E-state index in [1.54, 1.807) is 6.07 Å². The molecule has 1 nitrogen and oxygen atoms in total. The van der Waals surface area contributed by atoms with Crippen LogP contribution in [0.2, 0.25) is 0 Å². The lowest BCUT2D eigenvalue weighted by molar-refractivity contribution is -0.138. The van der Waals surface area contributed by atoms with E-state index in [4.69, 9.17) is 5.73 Å². The van der Waals surface area contributed by atoms with E-state index >= 15 is 0 Å². The molecule has 1 aliphatic rings. The van der Waals surface area contributed by atoms with Gasteiger partial charge in [-0.05, 0) is 30.0 Å². The number of hydrogen-bond acceptors (Lipinski definition) is 1. The van der Waals surface area contributed by atoms with Gasteiger partial charge in [0.1, 0.15) is 0 Å². The number of benzene rings is 1. The average molecular weight is 336 g/mol. The highest BCUT2D eigenvalue weighted by molar-refractivity contribution is 9.10. The number of halogens is 4. The summed E-state index contributed by atoms with van der Waals surface area (Å²) in [6, 6.07) is 3.70. The Balaban J connectivity index is 2.22. The van der Waals surface area contributed by atoms with Gasteiger partial charge in [-0.3, -0.25) is 0 Å². The van der Waals surface area contributed by atoms with E-state index in [0.717, 1.165) is 18.9 Å². The zero-order valence-corrected chi connectivity index (χ0v) is 12.1. The van der Waals surface area contributed by atoms with Crippen LogP contribution in [-0.2, 0) is 6.18 Å². The Labute approximate surface area is 119 Å². The smallest absolute Gasteiger partial charge is 0.324 e. The lowest BCUT2D eigenvalue weighted by Gasteiger charge is -2.21. The summed E-state index contributed by atoms with van der Waals surface area (Å²) >= 11 is 3.09. The van der Waals surface area contributed by atoms with Gasteiger partial charge in [0.25, 0.3) is 0 Å². The number of rotatable bonds is 3. The molecule has 0 aliphatic heterocycles. The molecule has 1 fully saturated rings. The van der Waals surface area contributed by atoms with Crippen molar-refractivity contribution < 1.29 is 13.2 Å². The minimum Gasteiger partial charge on any atom is -0.324 e. The Morgan fingerprint density at radius 3 is 2.47 bits per heavy atom. The van der Waals surface area contributed by atoms with Gasteiger partial charge >= 0.3 is 6.18 Å². The van der Waals surface area contributed by atoms with Crippen molar-refractivity contribution >= 4 is 15.9 Å². The standard InChI is InChI=1S/C14H17BrF3N/c15-10-5-6-11(12(8-10)14(16,17)18)13(19)7-9-3-1-2-4-9/h5-6,8-9,13H,1-4,7,19H2. The summed E-state index contributed by atoms with van der Waals surface area (Å²) in [6.07, 6.45) is 0.808. The monoisotopic (exact) mass is 335 g/mol. The van der Waals surface area contributed by atoms with E-state index < -0.39 is 17.8 Å². The molecule has 0 bridgehead atoms. The normalized spacial score (nSPS) is 18.8. The molecular formula is C14H17BrF3N. The zero-order chi connectivity index (χ0) is 14.0. The van der Waals surface area contributed by atoms with Crippen molar-refractivity contribution in [3.8, 4) is 0 Å². The lowest BCUT2D eigenvalue weighted by Crippen LogP contribution is -2.19. The molecule has 0 aromatic heterocycles. The summed E-state index contributed by atoms with van der Waals surface area (Å²) in [5.74, 6) is 0.472. The summed E-state index contributed by atoms with van der Waals surface area (Å²) in [5, 5.41) is 0. The van der Waals surface area contributed by atoms with Crippen molar-refractivity contribution in [1.82, 2.24) is 0 Å². The molecule has 0 amide bonds. The Hall–Kier alpha value is -0.550. The number of hydrogen-bond donors (Lipinski definition) is 1. The first-order chi connectivity index (χ1) is 8.88. The van der Waals surface area contributed by atoms with Gasteiger partial charge in [-0.25, -0.2) is 0 Å². The molecule has 0 radical (unpaired) electrons. The summed E-state index contributed by atoms with van der Waals surface area (Å²) in [5.41, 5.74) is 5.60. The van der Waals surface area contributed by atoms with E-state index in [9.17, 15) is 13.2 Å². The van der Waals surface area contributed by atoms with Crippen molar-refractivity contribution in [2.75, 3.05) is 0 Å². The number of alkyl halides is 3. The molecular weight excluding hydrogens is 319 g/mol. The molecule has 0 spiro atoms. The molecule has 1 aromatic carbocycles. The molecule has 5 heteroatoms. The third-order valence-electron chi connectivity index (χ3n) is 3.78. The van der Waals surface area contributed by atoms with Crippen LogP contribution in [0, 0.1) is 5.92 Å². The third-order valence-corrected chi connectivity index (χ3v) is 4.28. The Morgan fingerprint density at radius 2 is 1.89 bits per heavy atom. The predicted molar refractivity (Wildman–Crippen MR) is 72.6 cm³/mol. The van der Waals surface area contributed by atoms with Crippen molar-refractivity contribution in [2.24, 2.45) is 11.7 Å². The van der Waals surface area contributed by atoms with Gasteiger partial charge in [-0.1, -0.05) is 47.7 Å². The van der Waals surface area contributed by atoms with E-state index in [-0.39, 0.29) is 5.56 Å². The van der Waals surface area contributed by atoms with Crippen molar-refractivity contribution in [3.63, 3.8) is 0 Å². The summed E-state index contributed by atoms with van der Waals surface area (Å²) in [7, 11) is 0. The van der Waals surface area contributed by atoms with Crippen molar-refractivity contribution in [1.29, 1.82) is 0 Å². The van der Waals surface area contributed by atoms with Crippen LogP contribution in [0.25, 0.3) is 0 Å². The molecule has 2 rings (SSSR count). The summed E-state index contributed by atoms with van der Waals surface area (Å²) in [4.78, 5) is 0. The molecule has 0 heterocycles. The maximum atomic E-state index is 13.0. The molecule has 1 unspecified atom stereocenters. The zero-order valence-electron chi connectivity index (χ0n) is 10.5. The second-order valence-electron chi connectivity index (χ2n) is 5.22. The van der Waals surface area contributed by atoms with Gasteiger partial charge in [0.2, 0.25) is 0 Å². The van der Waals surface area contributed by atoms with Gasteiger partial charge in [-0.15, -0.1) is 0 Å². The van der Waals surface area contributed by atoms with E-state index in [1.807, 2.05) is 0 Å². The lowest BCUT2D eigenvalue weighted by atomic mass is 9.91. The van der Waals surface area contributed by atoms with Crippen LogP contribution in [0.5, 0.6) is 0 Å². The molecule has 19 heavy (non-hydrogen) atoms. The van der Waals surface area contributed by atoms with Gasteiger partial charge in [0.15, 0.2) is 0 Å². The topological polar surface area (TPSA) is 26.0 Å². The Bertz CT molecular complexity index is 439. The highest BCUT2D eigenvalue weighted by Crippen LogP contribution is 2.39. The maximum Gasteiger partial charge on any atom is 0.416 e. The fourth-order valence-corrected chi connectivity index (χ4v) is 3.19. The SMILES string of the molecule is NC(CC1CCCC1)c1ccc(Br)cc1C(F)(F)F. The van der Waals surface area contributed by atoms with Crippen LogP contribution in [0.3, 0.4) is 0 Å². The predicted octanol–water partition coefficient (Wildman–Crippen LogP) is 5.05. The summed E-state index contributed by atoms with van der Waals surface area (Å²) < 4.78 is 39.5. The molecule has 1 saturated carbocycles. The largest absolute Gasteiger partial charge is 0.416 e. The first kappa shape index (κ1) is 14.9. The van der Waals surface area contributed by atoms with E-state index in [0.29, 0.717) is 16.8 Å². The van der Waals surface area contributed by atoms with Crippen molar-refractivity contribution in [2.45, 2.75) is 44.3 Å². The maximum absolute atomic E-state index is 13.0. The second kappa shape index (κ2) is 5.83. The van der Waals surface area contributed by atoms with Gasteiger partial charge in [0, 0.05) is 10.5 Å². The van der Waals surface area contributed by atoms with Crippen LogP contribution in [0.4, 0.5) is 13.2 Å². The highest BCUT2D eigenvalue weighted by Gasteiger charge is 2.35. The highest BCUT2D eigenvalue weighted by atomic mass is 79.9. The molecule has 106 valence electrons. The van der Waals surface area contributed by atoms with E-state index in [1.165, 1.54) is 18.9 Å². The van der Waals surface area contributed by atoms with E-state index in [2.05, 4.69) is 15.9 Å². The Kier molecular flexibility index (Phi) is 4.56. The van der Waals surface area contributed by atoms with Gasteiger partial charge in [-0.2, -0.15) is 13.2 Å². The van der Waals surface area contributed by atoms with Crippen LogP contribution < -0.4 is 5.73 Å². The fourth-order valence-electron chi connectivity index (χ4n) is 2.83. The molecule has 2 N–H and O–H groups in total. The quantitative estimate of drug-likeness (QED) is 0.821. The van der Waals surface area contributed by atoms with Crippen LogP contribution >= 0.6 is 15.9 Å².